The fraction of sp³-hybridized carbons (Fsp3) is 0.250. The minimum Gasteiger partial charge on any atom is -0.492 e. The van der Waals surface area contributed by atoms with Gasteiger partial charge in [-0.2, -0.15) is 0 Å². The van der Waals surface area contributed by atoms with Gasteiger partial charge in [-0.25, -0.2) is 9.37 Å². The summed E-state index contributed by atoms with van der Waals surface area (Å²) in [5, 5.41) is 2.92. The highest BCUT2D eigenvalue weighted by molar-refractivity contribution is 9.10. The van der Waals surface area contributed by atoms with Gasteiger partial charge in [0.2, 0.25) is 0 Å². The maximum absolute atomic E-state index is 13.3. The number of thiazole rings is 1. The predicted molar refractivity (Wildman–Crippen MR) is 80.0 cm³/mol. The number of ether oxygens (including phenoxy) is 1. The smallest absolute Gasteiger partial charge is 0.145 e. The lowest BCUT2D eigenvalue weighted by Gasteiger charge is -2.08. The average molecular weight is 385 g/mol. The van der Waals surface area contributed by atoms with E-state index >= 15 is 0 Å². The molecule has 19 heavy (non-hydrogen) atoms. The monoisotopic (exact) mass is 383 g/mol. The molecule has 0 amide bonds. The zero-order chi connectivity index (χ0) is 13.8. The SMILES string of the molecule is Fc1cc(OCCc2nc(CCl)cs2)c(Br)cc1Cl. The Kier molecular flexibility index (Phi) is 5.45. The van der Waals surface area contributed by atoms with E-state index in [4.69, 9.17) is 27.9 Å². The Morgan fingerprint density at radius 1 is 1.42 bits per heavy atom. The van der Waals surface area contributed by atoms with E-state index in [1.807, 2.05) is 5.38 Å². The van der Waals surface area contributed by atoms with Gasteiger partial charge in [-0.15, -0.1) is 22.9 Å². The summed E-state index contributed by atoms with van der Waals surface area (Å²) < 4.78 is 19.4. The molecule has 0 atom stereocenters. The number of nitrogens with zero attached hydrogens (tertiary/aromatic N) is 1. The Morgan fingerprint density at radius 2 is 2.21 bits per heavy atom. The van der Waals surface area contributed by atoms with Crippen LogP contribution in [-0.2, 0) is 12.3 Å². The first kappa shape index (κ1) is 15.0. The third kappa shape index (κ3) is 4.05. The Hall–Kier alpha value is -0.360. The third-order valence-electron chi connectivity index (χ3n) is 2.28. The first-order chi connectivity index (χ1) is 9.10. The molecule has 2 rings (SSSR count). The topological polar surface area (TPSA) is 22.1 Å². The predicted octanol–water partition coefficient (Wildman–Crippen LogP) is 5.06. The van der Waals surface area contributed by atoms with Crippen LogP contribution < -0.4 is 4.74 Å². The van der Waals surface area contributed by atoms with Crippen molar-refractivity contribution in [2.24, 2.45) is 0 Å². The molecule has 2 nitrogen and oxygen atoms in total. The molecule has 1 heterocycles. The fourth-order valence-electron chi connectivity index (χ4n) is 1.39. The van der Waals surface area contributed by atoms with Crippen LogP contribution in [0.25, 0.3) is 0 Å². The molecule has 0 radical (unpaired) electrons. The first-order valence-electron chi connectivity index (χ1n) is 5.36. The molecule has 0 unspecified atom stereocenters. The van der Waals surface area contributed by atoms with E-state index < -0.39 is 5.82 Å². The van der Waals surface area contributed by atoms with Crippen LogP contribution in [0.15, 0.2) is 22.0 Å². The summed E-state index contributed by atoms with van der Waals surface area (Å²) in [6.07, 6.45) is 0.651. The highest BCUT2D eigenvalue weighted by Crippen LogP contribution is 2.30. The molecule has 1 aromatic carbocycles. The number of aromatic nitrogens is 1. The maximum Gasteiger partial charge on any atom is 0.145 e. The number of hydrogen-bond acceptors (Lipinski definition) is 3. The van der Waals surface area contributed by atoms with Crippen molar-refractivity contribution in [1.29, 1.82) is 0 Å². The molecule has 0 spiro atoms. The summed E-state index contributed by atoms with van der Waals surface area (Å²) in [7, 11) is 0. The van der Waals surface area contributed by atoms with Crippen molar-refractivity contribution >= 4 is 50.5 Å². The average Bonchev–Trinajstić information content (AvgIpc) is 2.83. The van der Waals surface area contributed by atoms with E-state index in [2.05, 4.69) is 20.9 Å². The Labute approximate surface area is 132 Å². The summed E-state index contributed by atoms with van der Waals surface area (Å²) in [4.78, 5) is 4.31. The van der Waals surface area contributed by atoms with Crippen molar-refractivity contribution in [1.82, 2.24) is 4.98 Å². The summed E-state index contributed by atoms with van der Waals surface area (Å²) in [5.41, 5.74) is 0.861. The van der Waals surface area contributed by atoms with E-state index in [1.54, 1.807) is 0 Å². The normalized spacial score (nSPS) is 10.7. The molecule has 0 aliphatic heterocycles. The number of alkyl halides is 1. The van der Waals surface area contributed by atoms with E-state index in [1.165, 1.54) is 23.5 Å². The second-order valence-corrected chi connectivity index (χ2v) is 6.13. The van der Waals surface area contributed by atoms with Crippen LogP contribution in [0.4, 0.5) is 4.39 Å². The van der Waals surface area contributed by atoms with Crippen LogP contribution in [0, 0.1) is 5.82 Å². The Morgan fingerprint density at radius 3 is 2.89 bits per heavy atom. The lowest BCUT2D eigenvalue weighted by molar-refractivity contribution is 0.318. The molecule has 7 heteroatoms. The Bertz CT molecular complexity index is 579. The second kappa shape index (κ2) is 6.88. The molecule has 0 aliphatic carbocycles. The molecule has 0 aliphatic rings. The maximum atomic E-state index is 13.3. The highest BCUT2D eigenvalue weighted by Gasteiger charge is 2.08. The zero-order valence-corrected chi connectivity index (χ0v) is 13.5. The summed E-state index contributed by atoms with van der Waals surface area (Å²) in [6.45, 7) is 0.412. The van der Waals surface area contributed by atoms with Crippen molar-refractivity contribution in [2.75, 3.05) is 6.61 Å². The minimum absolute atomic E-state index is 0.0610. The first-order valence-corrected chi connectivity index (χ1v) is 7.95. The summed E-state index contributed by atoms with van der Waals surface area (Å²) >= 11 is 16.1. The molecule has 1 aromatic heterocycles. The van der Waals surface area contributed by atoms with Crippen LogP contribution in [0.1, 0.15) is 10.7 Å². The van der Waals surface area contributed by atoms with Crippen LogP contribution >= 0.6 is 50.5 Å². The molecule has 2 aromatic rings. The van der Waals surface area contributed by atoms with E-state index in [0.717, 1.165) is 10.7 Å². The van der Waals surface area contributed by atoms with Gasteiger partial charge < -0.3 is 4.74 Å². The summed E-state index contributed by atoms with van der Waals surface area (Å²) in [6, 6.07) is 2.74. The van der Waals surface area contributed by atoms with Gasteiger partial charge in [-0.05, 0) is 22.0 Å². The van der Waals surface area contributed by atoms with Gasteiger partial charge >= 0.3 is 0 Å². The molecule has 0 bridgehead atoms. The lowest BCUT2D eigenvalue weighted by Crippen LogP contribution is -2.02. The van der Waals surface area contributed by atoms with Crippen LogP contribution in [-0.4, -0.2) is 11.6 Å². The number of rotatable bonds is 5. The summed E-state index contributed by atoms with van der Waals surface area (Å²) in [5.74, 6) is 0.334. The number of benzene rings is 1. The molecule has 102 valence electrons. The largest absolute Gasteiger partial charge is 0.492 e. The molecule has 0 N–H and O–H groups in total. The standard InChI is InChI=1S/C12H9BrCl2FNOS/c13-8-3-9(15)10(16)4-11(8)18-2-1-12-17-7(5-14)6-19-12/h3-4,6H,1-2,5H2. The second-order valence-electron chi connectivity index (χ2n) is 3.66. The molecule has 0 saturated heterocycles. The van der Waals surface area contributed by atoms with Gasteiger partial charge in [0.25, 0.3) is 0 Å². The quantitative estimate of drug-likeness (QED) is 0.531. The minimum atomic E-state index is -0.501. The van der Waals surface area contributed by atoms with Crippen molar-refractivity contribution in [3.63, 3.8) is 0 Å². The van der Waals surface area contributed by atoms with Gasteiger partial charge in [0.05, 0.1) is 32.7 Å². The van der Waals surface area contributed by atoms with E-state index in [9.17, 15) is 4.39 Å². The van der Waals surface area contributed by atoms with Gasteiger partial charge in [0.15, 0.2) is 0 Å². The number of hydrogen-bond donors (Lipinski definition) is 0. The van der Waals surface area contributed by atoms with Crippen molar-refractivity contribution in [3.05, 3.63) is 43.5 Å². The van der Waals surface area contributed by atoms with E-state index in [-0.39, 0.29) is 5.02 Å². The highest BCUT2D eigenvalue weighted by atomic mass is 79.9. The molecule has 0 saturated carbocycles. The van der Waals surface area contributed by atoms with Crippen LogP contribution in [0.2, 0.25) is 5.02 Å². The van der Waals surface area contributed by atoms with E-state index in [0.29, 0.717) is 29.1 Å². The van der Waals surface area contributed by atoms with Gasteiger partial charge in [0, 0.05) is 17.9 Å². The van der Waals surface area contributed by atoms with Gasteiger partial charge in [-0.3, -0.25) is 0 Å². The number of halogens is 4. The molecule has 0 fully saturated rings. The fourth-order valence-corrected chi connectivity index (χ4v) is 3.15. The van der Waals surface area contributed by atoms with Crippen molar-refractivity contribution < 1.29 is 9.13 Å². The lowest BCUT2D eigenvalue weighted by atomic mass is 10.3. The third-order valence-corrected chi connectivity index (χ3v) is 4.43. The zero-order valence-electron chi connectivity index (χ0n) is 9.63. The van der Waals surface area contributed by atoms with Crippen molar-refractivity contribution in [2.45, 2.75) is 12.3 Å². The van der Waals surface area contributed by atoms with Crippen molar-refractivity contribution in [3.8, 4) is 5.75 Å². The van der Waals surface area contributed by atoms with Crippen LogP contribution in [0.3, 0.4) is 0 Å². The molecular formula is C12H9BrCl2FNOS. The van der Waals surface area contributed by atoms with Crippen LogP contribution in [0.5, 0.6) is 5.75 Å². The Balaban J connectivity index is 1.94. The molecular weight excluding hydrogens is 376 g/mol. The van der Waals surface area contributed by atoms with Gasteiger partial charge in [0.1, 0.15) is 11.6 Å². The van der Waals surface area contributed by atoms with Gasteiger partial charge in [-0.1, -0.05) is 11.6 Å².